The van der Waals surface area contributed by atoms with Crippen molar-refractivity contribution in [1.29, 1.82) is 0 Å². The van der Waals surface area contributed by atoms with E-state index >= 15 is 0 Å². The van der Waals surface area contributed by atoms with Crippen molar-refractivity contribution in [1.82, 2.24) is 0 Å². The Balaban J connectivity index is 2.55. The smallest absolute Gasteiger partial charge is 0.0727 e. The molecule has 0 radical (unpaired) electrons. The van der Waals surface area contributed by atoms with Crippen molar-refractivity contribution < 1.29 is 4.74 Å². The lowest BCUT2D eigenvalue weighted by atomic mass is 10.2. The predicted molar refractivity (Wildman–Crippen MR) is 57.0 cm³/mol. The van der Waals surface area contributed by atoms with Gasteiger partial charge in [0.25, 0.3) is 0 Å². The van der Waals surface area contributed by atoms with Crippen molar-refractivity contribution >= 4 is 27.1 Å². The van der Waals surface area contributed by atoms with E-state index in [-0.39, 0.29) is 0 Å². The number of nitrogens with two attached hydrogens (primary N) is 1. The van der Waals surface area contributed by atoms with Gasteiger partial charge in [0, 0.05) is 17.5 Å². The Bertz CT molecular complexity index is 422. The van der Waals surface area contributed by atoms with Crippen LogP contribution >= 0.6 is 11.3 Å². The molecule has 1 aromatic carbocycles. The zero-order valence-electron chi connectivity index (χ0n) is 7.41. The fourth-order valence-electron chi connectivity index (χ4n) is 1.37. The van der Waals surface area contributed by atoms with Crippen molar-refractivity contribution in [2.75, 3.05) is 12.8 Å². The number of thiophene rings is 1. The second kappa shape index (κ2) is 3.36. The van der Waals surface area contributed by atoms with Gasteiger partial charge in [0.1, 0.15) is 0 Å². The van der Waals surface area contributed by atoms with Crippen LogP contribution in [0, 0.1) is 0 Å². The van der Waals surface area contributed by atoms with Crippen LogP contribution < -0.4 is 5.73 Å². The summed E-state index contributed by atoms with van der Waals surface area (Å²) in [5, 5.41) is 3.37. The number of methoxy groups -OCH3 is 1. The largest absolute Gasteiger partial charge is 0.399 e. The van der Waals surface area contributed by atoms with Gasteiger partial charge in [-0.15, -0.1) is 11.3 Å². The number of ether oxygens (including phenoxy) is 1. The number of hydrogen-bond donors (Lipinski definition) is 1. The lowest BCUT2D eigenvalue weighted by Gasteiger charge is -1.97. The zero-order chi connectivity index (χ0) is 9.26. The van der Waals surface area contributed by atoms with Gasteiger partial charge >= 0.3 is 0 Å². The van der Waals surface area contributed by atoms with Gasteiger partial charge in [-0.25, -0.2) is 0 Å². The summed E-state index contributed by atoms with van der Waals surface area (Å²) < 4.78 is 6.33. The average molecular weight is 193 g/mol. The van der Waals surface area contributed by atoms with Gasteiger partial charge in [0.15, 0.2) is 0 Å². The molecule has 0 bridgehead atoms. The van der Waals surface area contributed by atoms with Crippen LogP contribution in [0.4, 0.5) is 5.69 Å². The summed E-state index contributed by atoms with van der Waals surface area (Å²) in [5.41, 5.74) is 7.74. The summed E-state index contributed by atoms with van der Waals surface area (Å²) in [4.78, 5) is 0. The maximum atomic E-state index is 5.68. The molecule has 13 heavy (non-hydrogen) atoms. The number of anilines is 1. The molecule has 0 saturated heterocycles. The lowest BCUT2D eigenvalue weighted by Crippen LogP contribution is -1.85. The van der Waals surface area contributed by atoms with E-state index in [9.17, 15) is 0 Å². The SMILES string of the molecule is COCc1csc2cc(N)ccc12. The number of rotatable bonds is 2. The van der Waals surface area contributed by atoms with Gasteiger partial charge in [-0.3, -0.25) is 0 Å². The molecule has 2 rings (SSSR count). The molecule has 3 heteroatoms. The Labute approximate surface area is 80.9 Å². The van der Waals surface area contributed by atoms with E-state index in [4.69, 9.17) is 10.5 Å². The summed E-state index contributed by atoms with van der Waals surface area (Å²) in [5.74, 6) is 0. The molecular formula is C10H11NOS. The molecule has 2 aromatic rings. The van der Waals surface area contributed by atoms with Crippen LogP contribution in [0.25, 0.3) is 10.1 Å². The van der Waals surface area contributed by atoms with Crippen LogP contribution in [0.15, 0.2) is 23.6 Å². The third kappa shape index (κ3) is 1.53. The Morgan fingerprint density at radius 2 is 2.31 bits per heavy atom. The molecule has 0 fully saturated rings. The van der Waals surface area contributed by atoms with E-state index in [2.05, 4.69) is 11.4 Å². The van der Waals surface area contributed by atoms with Crippen LogP contribution in [0.1, 0.15) is 5.56 Å². The Morgan fingerprint density at radius 3 is 3.08 bits per heavy atom. The van der Waals surface area contributed by atoms with Crippen molar-refractivity contribution in [3.8, 4) is 0 Å². The molecule has 0 saturated carbocycles. The molecule has 0 aliphatic carbocycles. The summed E-state index contributed by atoms with van der Waals surface area (Å²) >= 11 is 1.71. The monoisotopic (exact) mass is 193 g/mol. The minimum Gasteiger partial charge on any atom is -0.399 e. The Kier molecular flexibility index (Phi) is 2.20. The van der Waals surface area contributed by atoms with E-state index in [0.29, 0.717) is 6.61 Å². The molecule has 68 valence electrons. The first-order chi connectivity index (χ1) is 6.31. The van der Waals surface area contributed by atoms with E-state index in [1.807, 2.05) is 12.1 Å². The molecule has 1 aromatic heterocycles. The molecule has 2 N–H and O–H groups in total. The summed E-state index contributed by atoms with van der Waals surface area (Å²) in [7, 11) is 1.71. The first-order valence-electron chi connectivity index (χ1n) is 4.06. The third-order valence-electron chi connectivity index (χ3n) is 1.98. The molecule has 0 spiro atoms. The highest BCUT2D eigenvalue weighted by Gasteiger charge is 2.02. The van der Waals surface area contributed by atoms with E-state index in [1.54, 1.807) is 18.4 Å². The number of nitrogen functional groups attached to an aromatic ring is 1. The number of hydrogen-bond acceptors (Lipinski definition) is 3. The average Bonchev–Trinajstić information content (AvgIpc) is 2.49. The van der Waals surface area contributed by atoms with Crippen LogP contribution in [0.2, 0.25) is 0 Å². The van der Waals surface area contributed by atoms with Gasteiger partial charge in [-0.1, -0.05) is 6.07 Å². The van der Waals surface area contributed by atoms with Crippen molar-refractivity contribution in [3.05, 3.63) is 29.1 Å². The maximum absolute atomic E-state index is 5.68. The Morgan fingerprint density at radius 1 is 1.46 bits per heavy atom. The molecule has 0 atom stereocenters. The summed E-state index contributed by atoms with van der Waals surface area (Å²) in [6, 6.07) is 5.98. The first kappa shape index (κ1) is 8.53. The van der Waals surface area contributed by atoms with Crippen molar-refractivity contribution in [2.45, 2.75) is 6.61 Å². The zero-order valence-corrected chi connectivity index (χ0v) is 8.23. The summed E-state index contributed by atoms with van der Waals surface area (Å²) in [6.07, 6.45) is 0. The number of fused-ring (bicyclic) bond motifs is 1. The molecule has 0 amide bonds. The Hall–Kier alpha value is -1.06. The first-order valence-corrected chi connectivity index (χ1v) is 4.94. The highest BCUT2D eigenvalue weighted by molar-refractivity contribution is 7.17. The van der Waals surface area contributed by atoms with Gasteiger partial charge in [0.05, 0.1) is 6.61 Å². The fraction of sp³-hybridized carbons (Fsp3) is 0.200. The van der Waals surface area contributed by atoms with Crippen LogP contribution in [0.5, 0.6) is 0 Å². The predicted octanol–water partition coefficient (Wildman–Crippen LogP) is 2.63. The van der Waals surface area contributed by atoms with E-state index in [1.165, 1.54) is 15.6 Å². The molecule has 0 aliphatic heterocycles. The topological polar surface area (TPSA) is 35.2 Å². The van der Waals surface area contributed by atoms with Gasteiger partial charge in [-0.05, 0) is 28.5 Å². The molecule has 1 heterocycles. The normalized spacial score (nSPS) is 10.8. The molecular weight excluding hydrogens is 182 g/mol. The molecule has 0 unspecified atom stereocenters. The minimum absolute atomic E-state index is 0.671. The molecule has 2 nitrogen and oxygen atoms in total. The van der Waals surface area contributed by atoms with Crippen molar-refractivity contribution in [2.24, 2.45) is 0 Å². The second-order valence-electron chi connectivity index (χ2n) is 2.95. The number of benzene rings is 1. The van der Waals surface area contributed by atoms with E-state index in [0.717, 1.165) is 5.69 Å². The van der Waals surface area contributed by atoms with Gasteiger partial charge in [-0.2, -0.15) is 0 Å². The molecule has 0 aliphatic rings. The lowest BCUT2D eigenvalue weighted by molar-refractivity contribution is 0.186. The fourth-order valence-corrected chi connectivity index (χ4v) is 2.36. The second-order valence-corrected chi connectivity index (χ2v) is 3.86. The van der Waals surface area contributed by atoms with Gasteiger partial charge in [0.2, 0.25) is 0 Å². The summed E-state index contributed by atoms with van der Waals surface area (Å²) in [6.45, 7) is 0.671. The maximum Gasteiger partial charge on any atom is 0.0727 e. The third-order valence-corrected chi connectivity index (χ3v) is 2.97. The quantitative estimate of drug-likeness (QED) is 0.744. The van der Waals surface area contributed by atoms with Crippen LogP contribution in [0.3, 0.4) is 0 Å². The van der Waals surface area contributed by atoms with E-state index < -0.39 is 0 Å². The van der Waals surface area contributed by atoms with Crippen molar-refractivity contribution in [3.63, 3.8) is 0 Å². The van der Waals surface area contributed by atoms with Crippen LogP contribution in [-0.2, 0) is 11.3 Å². The van der Waals surface area contributed by atoms with Gasteiger partial charge < -0.3 is 10.5 Å². The highest BCUT2D eigenvalue weighted by Crippen LogP contribution is 2.27. The highest BCUT2D eigenvalue weighted by atomic mass is 32.1. The van der Waals surface area contributed by atoms with Crippen LogP contribution in [-0.4, -0.2) is 7.11 Å². The standard InChI is InChI=1S/C10H11NOS/c1-12-5-7-6-13-10-4-8(11)2-3-9(7)10/h2-4,6H,5,11H2,1H3. The minimum atomic E-state index is 0.671.